The summed E-state index contributed by atoms with van der Waals surface area (Å²) in [5.41, 5.74) is 0. The average molecular weight is 128 g/mol. The Hall–Kier alpha value is -0.860. The fraction of sp³-hybridized carbons (Fsp3) is 0.667. The summed E-state index contributed by atoms with van der Waals surface area (Å²) in [6.45, 7) is 0.407. The van der Waals surface area contributed by atoms with E-state index in [1.54, 1.807) is 0 Å². The molecule has 9 heavy (non-hydrogen) atoms. The second kappa shape index (κ2) is 2.62. The minimum absolute atomic E-state index is 0.00231. The monoisotopic (exact) mass is 128 g/mol. The number of hydrogen-bond acceptors (Lipinski definition) is 3. The van der Waals surface area contributed by atoms with Crippen molar-refractivity contribution in [3.63, 3.8) is 0 Å². The van der Waals surface area contributed by atoms with Crippen LogP contribution in [0, 0.1) is 0 Å². The van der Waals surface area contributed by atoms with Gasteiger partial charge in [0.25, 0.3) is 0 Å². The molecule has 0 amide bonds. The van der Waals surface area contributed by atoms with Crippen LogP contribution in [0.4, 0.5) is 0 Å². The number of hydrogen-bond donors (Lipinski definition) is 0. The summed E-state index contributed by atoms with van der Waals surface area (Å²) >= 11 is 0. The maximum atomic E-state index is 10.6. The van der Waals surface area contributed by atoms with E-state index >= 15 is 0 Å². The van der Waals surface area contributed by atoms with E-state index in [0.717, 1.165) is 0 Å². The highest BCUT2D eigenvalue weighted by molar-refractivity contribution is 5.95. The van der Waals surface area contributed by atoms with E-state index < -0.39 is 0 Å². The molecule has 0 aromatic heterocycles. The molecule has 0 saturated carbocycles. The predicted molar refractivity (Wildman–Crippen MR) is 29.8 cm³/mol. The van der Waals surface area contributed by atoms with Crippen LogP contribution >= 0.6 is 0 Å². The van der Waals surface area contributed by atoms with Gasteiger partial charge >= 0.3 is 5.97 Å². The lowest BCUT2D eigenvalue weighted by molar-refractivity contribution is -0.144. The van der Waals surface area contributed by atoms with Crippen LogP contribution in [0.3, 0.4) is 0 Å². The first-order valence-corrected chi connectivity index (χ1v) is 2.96. The first-order valence-electron chi connectivity index (χ1n) is 2.96. The number of esters is 1. The maximum absolute atomic E-state index is 10.6. The van der Waals surface area contributed by atoms with Crippen LogP contribution in [-0.2, 0) is 14.3 Å². The molecule has 0 N–H and O–H groups in total. The number of carbonyl (C=O) groups excluding carboxylic acids is 2. The molecule has 3 heteroatoms. The van der Waals surface area contributed by atoms with Gasteiger partial charge in [-0.25, -0.2) is 0 Å². The van der Waals surface area contributed by atoms with Gasteiger partial charge in [-0.05, 0) is 6.42 Å². The summed E-state index contributed by atoms with van der Waals surface area (Å²) < 4.78 is 4.61. The van der Waals surface area contributed by atoms with Crippen molar-refractivity contribution in [2.75, 3.05) is 6.61 Å². The zero-order chi connectivity index (χ0) is 6.69. The Kier molecular flexibility index (Phi) is 1.82. The summed E-state index contributed by atoms with van der Waals surface area (Å²) in [5.74, 6) is -0.380. The van der Waals surface area contributed by atoms with Crippen molar-refractivity contribution >= 4 is 11.8 Å². The Balaban J connectivity index is 2.47. The van der Waals surface area contributed by atoms with Gasteiger partial charge in [-0.2, -0.15) is 0 Å². The van der Waals surface area contributed by atoms with Gasteiger partial charge in [-0.3, -0.25) is 9.59 Å². The first-order chi connectivity index (χ1) is 4.29. The highest BCUT2D eigenvalue weighted by Gasteiger charge is 2.13. The summed E-state index contributed by atoms with van der Waals surface area (Å²) in [4.78, 5) is 21.0. The zero-order valence-corrected chi connectivity index (χ0v) is 5.05. The molecular weight excluding hydrogens is 120 g/mol. The molecule has 1 heterocycles. The van der Waals surface area contributed by atoms with Gasteiger partial charge in [0, 0.05) is 6.42 Å². The highest BCUT2D eigenvalue weighted by Crippen LogP contribution is 2.02. The molecule has 0 atom stereocenters. The molecule has 1 aliphatic rings. The molecule has 1 rings (SSSR count). The Morgan fingerprint density at radius 2 is 2.11 bits per heavy atom. The summed E-state index contributed by atoms with van der Waals surface area (Å²) in [6, 6.07) is 0. The van der Waals surface area contributed by atoms with Gasteiger partial charge in [0.15, 0.2) is 0 Å². The molecule has 0 bridgehead atoms. The zero-order valence-electron chi connectivity index (χ0n) is 5.05. The van der Waals surface area contributed by atoms with Crippen molar-refractivity contribution < 1.29 is 14.3 Å². The number of Topliss-reactive ketones (excluding diaryl/α,β-unsaturated/α-hetero) is 1. The van der Waals surface area contributed by atoms with Crippen molar-refractivity contribution in [1.29, 1.82) is 0 Å². The minimum Gasteiger partial charge on any atom is -0.465 e. The Bertz CT molecular complexity index is 123. The molecule has 0 spiro atoms. The fourth-order valence-electron chi connectivity index (χ4n) is 0.756. The topological polar surface area (TPSA) is 43.4 Å². The van der Waals surface area contributed by atoms with Crippen LogP contribution in [0.1, 0.15) is 19.3 Å². The molecule has 0 aromatic rings. The van der Waals surface area contributed by atoms with E-state index in [9.17, 15) is 9.59 Å². The summed E-state index contributed by atoms with van der Waals surface area (Å²) in [7, 11) is 0. The fourth-order valence-corrected chi connectivity index (χ4v) is 0.756. The van der Waals surface area contributed by atoms with Crippen LogP contribution in [0.2, 0.25) is 0 Å². The third-order valence-electron chi connectivity index (χ3n) is 1.20. The van der Waals surface area contributed by atoms with Crippen molar-refractivity contribution in [2.45, 2.75) is 19.3 Å². The smallest absolute Gasteiger partial charge is 0.313 e. The number of rotatable bonds is 0. The van der Waals surface area contributed by atoms with Gasteiger partial charge in [0.1, 0.15) is 12.2 Å². The Labute approximate surface area is 53.0 Å². The van der Waals surface area contributed by atoms with E-state index in [-0.39, 0.29) is 18.2 Å². The highest BCUT2D eigenvalue weighted by atomic mass is 16.5. The SMILES string of the molecule is O=C1CCCOC(=O)C1. The van der Waals surface area contributed by atoms with Crippen LogP contribution in [0.5, 0.6) is 0 Å². The molecule has 0 unspecified atom stereocenters. The Morgan fingerprint density at radius 1 is 1.33 bits per heavy atom. The van der Waals surface area contributed by atoms with Crippen molar-refractivity contribution in [2.24, 2.45) is 0 Å². The van der Waals surface area contributed by atoms with E-state index in [1.165, 1.54) is 0 Å². The number of cyclic esters (lactones) is 1. The molecule has 1 fully saturated rings. The molecule has 50 valence electrons. The quantitative estimate of drug-likeness (QED) is 0.347. The molecule has 3 nitrogen and oxygen atoms in total. The molecule has 0 radical (unpaired) electrons. The standard InChI is InChI=1S/C6H8O3/c7-5-2-1-3-9-6(8)4-5/h1-4H2. The molecule has 0 aliphatic carbocycles. The average Bonchev–Trinajstić information content (AvgIpc) is 1.93. The van der Waals surface area contributed by atoms with Gasteiger partial charge in [0.05, 0.1) is 6.61 Å². The number of carbonyl (C=O) groups is 2. The van der Waals surface area contributed by atoms with Crippen molar-refractivity contribution in [3.05, 3.63) is 0 Å². The van der Waals surface area contributed by atoms with Crippen LogP contribution in [0.15, 0.2) is 0 Å². The largest absolute Gasteiger partial charge is 0.465 e. The second-order valence-electron chi connectivity index (χ2n) is 2.04. The third kappa shape index (κ3) is 1.83. The lowest BCUT2D eigenvalue weighted by Crippen LogP contribution is -2.05. The van der Waals surface area contributed by atoms with Crippen LogP contribution in [0.25, 0.3) is 0 Å². The van der Waals surface area contributed by atoms with Crippen molar-refractivity contribution in [1.82, 2.24) is 0 Å². The van der Waals surface area contributed by atoms with E-state index in [0.29, 0.717) is 19.4 Å². The summed E-state index contributed by atoms with van der Waals surface area (Å²) in [5, 5.41) is 0. The first kappa shape index (κ1) is 6.26. The maximum Gasteiger partial charge on any atom is 0.313 e. The molecule has 1 saturated heterocycles. The predicted octanol–water partition coefficient (Wildman–Crippen LogP) is 0.283. The number of ether oxygens (including phenoxy) is 1. The van der Waals surface area contributed by atoms with Crippen LogP contribution in [-0.4, -0.2) is 18.4 Å². The molecule has 0 aromatic carbocycles. The molecular formula is C6H8O3. The van der Waals surface area contributed by atoms with Crippen molar-refractivity contribution in [3.8, 4) is 0 Å². The van der Waals surface area contributed by atoms with Gasteiger partial charge in [0.2, 0.25) is 0 Å². The second-order valence-corrected chi connectivity index (χ2v) is 2.04. The van der Waals surface area contributed by atoms with Gasteiger partial charge in [-0.15, -0.1) is 0 Å². The Morgan fingerprint density at radius 3 is 2.89 bits per heavy atom. The van der Waals surface area contributed by atoms with Crippen LogP contribution < -0.4 is 0 Å². The lowest BCUT2D eigenvalue weighted by Gasteiger charge is -1.93. The lowest BCUT2D eigenvalue weighted by atomic mass is 10.2. The van der Waals surface area contributed by atoms with Gasteiger partial charge in [-0.1, -0.05) is 0 Å². The molecule has 1 aliphatic heterocycles. The van der Waals surface area contributed by atoms with E-state index in [4.69, 9.17) is 0 Å². The normalized spacial score (nSPS) is 20.9. The third-order valence-corrected chi connectivity index (χ3v) is 1.20. The van der Waals surface area contributed by atoms with E-state index in [2.05, 4.69) is 4.74 Å². The van der Waals surface area contributed by atoms with E-state index in [1.807, 2.05) is 0 Å². The van der Waals surface area contributed by atoms with Gasteiger partial charge < -0.3 is 4.74 Å². The minimum atomic E-state index is -0.377. The summed E-state index contributed by atoms with van der Waals surface area (Å²) in [6.07, 6.45) is 1.15. The number of ketones is 1.